The Balaban J connectivity index is 1.94. The van der Waals surface area contributed by atoms with Crippen molar-refractivity contribution in [2.24, 2.45) is 5.41 Å². The largest absolute Gasteiger partial charge is 0.545 e. The molecule has 4 rings (SSSR count). The summed E-state index contributed by atoms with van der Waals surface area (Å²) in [7, 11) is -1.89. The van der Waals surface area contributed by atoms with E-state index in [4.69, 9.17) is 9.26 Å². The molecule has 138 valence electrons. The van der Waals surface area contributed by atoms with Gasteiger partial charge in [0.25, 0.3) is 0 Å². The summed E-state index contributed by atoms with van der Waals surface area (Å²) in [5.41, 5.74) is 1.10. The predicted octanol–water partition coefficient (Wildman–Crippen LogP) is 5.21. The lowest BCUT2D eigenvalue weighted by Gasteiger charge is -2.53. The molecule has 3 aliphatic rings. The molecule has 3 heterocycles. The van der Waals surface area contributed by atoms with Crippen LogP contribution >= 0.6 is 0 Å². The average Bonchev–Trinajstić information content (AvgIpc) is 2.46. The normalized spacial score (nSPS) is 25.8. The SMILES string of the molecule is Cc1cccc(N2OC3C=C(O[Si](C)(C)C(C)(C)C)C2CC3(C)C)n1. The quantitative estimate of drug-likeness (QED) is 0.693. The van der Waals surface area contributed by atoms with E-state index in [1.54, 1.807) is 0 Å². The van der Waals surface area contributed by atoms with Crippen molar-refractivity contribution in [1.82, 2.24) is 4.98 Å². The van der Waals surface area contributed by atoms with Crippen LogP contribution in [0.4, 0.5) is 5.82 Å². The molecule has 1 aromatic rings. The molecule has 4 nitrogen and oxygen atoms in total. The Morgan fingerprint density at radius 3 is 2.52 bits per heavy atom. The van der Waals surface area contributed by atoms with Gasteiger partial charge in [0.1, 0.15) is 17.9 Å². The molecule has 0 N–H and O–H groups in total. The van der Waals surface area contributed by atoms with Gasteiger partial charge in [-0.3, -0.25) is 4.84 Å². The predicted molar refractivity (Wildman–Crippen MR) is 105 cm³/mol. The summed E-state index contributed by atoms with van der Waals surface area (Å²) in [6, 6.07) is 6.15. The molecule has 0 saturated carbocycles. The highest BCUT2D eigenvalue weighted by atomic mass is 28.4. The van der Waals surface area contributed by atoms with Crippen molar-refractivity contribution in [2.45, 2.75) is 78.2 Å². The highest BCUT2D eigenvalue weighted by Gasteiger charge is 2.51. The van der Waals surface area contributed by atoms with Gasteiger partial charge in [0.05, 0.1) is 0 Å². The lowest BCUT2D eigenvalue weighted by Crippen LogP contribution is -2.58. The fraction of sp³-hybridized carbons (Fsp3) is 0.650. The third-order valence-corrected chi connectivity index (χ3v) is 10.3. The summed E-state index contributed by atoms with van der Waals surface area (Å²) in [5, 5.41) is 2.15. The van der Waals surface area contributed by atoms with E-state index in [2.05, 4.69) is 58.8 Å². The molecule has 0 radical (unpaired) electrons. The van der Waals surface area contributed by atoms with Gasteiger partial charge in [-0.15, -0.1) is 0 Å². The molecule has 0 amide bonds. The molecule has 2 bridgehead atoms. The van der Waals surface area contributed by atoms with Gasteiger partial charge in [0, 0.05) is 5.69 Å². The van der Waals surface area contributed by atoms with Crippen LogP contribution in [0.1, 0.15) is 46.7 Å². The number of rotatable bonds is 3. The molecule has 2 unspecified atom stereocenters. The minimum absolute atomic E-state index is 0.0135. The number of nitrogens with zero attached hydrogens (tertiary/aromatic N) is 2. The summed E-state index contributed by atoms with van der Waals surface area (Å²) < 4.78 is 6.70. The van der Waals surface area contributed by atoms with Gasteiger partial charge in [0.15, 0.2) is 5.82 Å². The van der Waals surface area contributed by atoms with Crippen molar-refractivity contribution < 1.29 is 9.26 Å². The number of anilines is 1. The monoisotopic (exact) mass is 360 g/mol. The fourth-order valence-corrected chi connectivity index (χ4v) is 4.28. The van der Waals surface area contributed by atoms with E-state index in [1.807, 2.05) is 30.2 Å². The van der Waals surface area contributed by atoms with E-state index < -0.39 is 8.32 Å². The maximum atomic E-state index is 6.70. The lowest BCUT2D eigenvalue weighted by molar-refractivity contribution is -0.0865. The summed E-state index contributed by atoms with van der Waals surface area (Å²) in [5.74, 6) is 1.94. The van der Waals surface area contributed by atoms with Gasteiger partial charge in [-0.05, 0) is 55.1 Å². The van der Waals surface area contributed by atoms with E-state index in [0.717, 1.165) is 23.7 Å². The first-order valence-corrected chi connectivity index (χ1v) is 12.1. The fourth-order valence-electron chi connectivity index (χ4n) is 3.18. The molecule has 1 saturated heterocycles. The lowest BCUT2D eigenvalue weighted by atomic mass is 9.74. The van der Waals surface area contributed by atoms with Crippen LogP contribution in [-0.2, 0) is 9.26 Å². The third kappa shape index (κ3) is 3.36. The van der Waals surface area contributed by atoms with Gasteiger partial charge in [-0.2, -0.15) is 0 Å². The van der Waals surface area contributed by atoms with E-state index in [0.29, 0.717) is 0 Å². The Hall–Kier alpha value is -1.33. The molecule has 5 heteroatoms. The van der Waals surface area contributed by atoms with Crippen LogP contribution in [0.2, 0.25) is 18.1 Å². The summed E-state index contributed by atoms with van der Waals surface area (Å²) in [6.45, 7) is 18.0. The highest BCUT2D eigenvalue weighted by molar-refractivity contribution is 6.74. The van der Waals surface area contributed by atoms with Gasteiger partial charge in [0.2, 0.25) is 8.32 Å². The zero-order valence-corrected chi connectivity index (χ0v) is 17.9. The second-order valence-corrected chi connectivity index (χ2v) is 14.4. The molecule has 1 aromatic heterocycles. The average molecular weight is 361 g/mol. The van der Waals surface area contributed by atoms with Crippen molar-refractivity contribution in [3.8, 4) is 0 Å². The summed E-state index contributed by atoms with van der Waals surface area (Å²) in [4.78, 5) is 11.0. The minimum atomic E-state index is -1.89. The number of aromatic nitrogens is 1. The van der Waals surface area contributed by atoms with Crippen molar-refractivity contribution in [3.05, 3.63) is 35.7 Å². The Morgan fingerprint density at radius 1 is 1.28 bits per heavy atom. The third-order valence-electron chi connectivity index (χ3n) is 5.92. The smallest absolute Gasteiger partial charge is 0.250 e. The van der Waals surface area contributed by atoms with Crippen molar-refractivity contribution in [1.29, 1.82) is 0 Å². The zero-order valence-electron chi connectivity index (χ0n) is 16.9. The number of hydrogen-bond donors (Lipinski definition) is 0. The first-order valence-electron chi connectivity index (χ1n) is 9.21. The summed E-state index contributed by atoms with van der Waals surface area (Å²) in [6.07, 6.45) is 3.23. The molecular weight excluding hydrogens is 328 g/mol. The Labute approximate surface area is 153 Å². The molecule has 0 spiro atoms. The molecule has 25 heavy (non-hydrogen) atoms. The maximum Gasteiger partial charge on any atom is 0.250 e. The maximum absolute atomic E-state index is 6.70. The molecule has 0 aromatic carbocycles. The van der Waals surface area contributed by atoms with Crippen LogP contribution in [0.15, 0.2) is 30.0 Å². The molecule has 1 fully saturated rings. The number of hydroxylamine groups is 1. The topological polar surface area (TPSA) is 34.6 Å². The zero-order chi connectivity index (χ0) is 18.6. The van der Waals surface area contributed by atoms with Gasteiger partial charge >= 0.3 is 0 Å². The molecule has 1 aliphatic carbocycles. The Kier molecular flexibility index (Phi) is 4.32. The van der Waals surface area contributed by atoms with Crippen LogP contribution in [0.25, 0.3) is 0 Å². The van der Waals surface area contributed by atoms with E-state index in [9.17, 15) is 0 Å². The van der Waals surface area contributed by atoms with Crippen molar-refractivity contribution >= 4 is 14.1 Å². The van der Waals surface area contributed by atoms with Crippen molar-refractivity contribution in [2.75, 3.05) is 5.06 Å². The number of pyridine rings is 1. The second kappa shape index (κ2) is 5.85. The summed E-state index contributed by atoms with van der Waals surface area (Å²) >= 11 is 0. The molecule has 2 aliphatic heterocycles. The van der Waals surface area contributed by atoms with E-state index in [1.165, 1.54) is 0 Å². The molecule has 2 atom stereocenters. The van der Waals surface area contributed by atoms with Crippen LogP contribution in [0.3, 0.4) is 0 Å². The standard InChI is InChI=1S/C20H32N2O2Si/c1-14-10-9-11-18(21-14)22-15-13-20(5,6)17(23-22)12-16(15)24-25(7,8)19(2,3)4/h9-12,15,17H,13H2,1-8H3. The van der Waals surface area contributed by atoms with Crippen LogP contribution in [-0.4, -0.2) is 25.4 Å². The van der Waals surface area contributed by atoms with Crippen LogP contribution in [0, 0.1) is 12.3 Å². The number of fused-ring (bicyclic) bond motifs is 2. The van der Waals surface area contributed by atoms with E-state index >= 15 is 0 Å². The molecular formula is C20H32N2O2Si. The van der Waals surface area contributed by atoms with Gasteiger partial charge < -0.3 is 4.43 Å². The number of hydrogen-bond acceptors (Lipinski definition) is 4. The van der Waals surface area contributed by atoms with Crippen LogP contribution in [0.5, 0.6) is 0 Å². The van der Waals surface area contributed by atoms with Gasteiger partial charge in [-0.1, -0.05) is 40.7 Å². The minimum Gasteiger partial charge on any atom is -0.545 e. The van der Waals surface area contributed by atoms with Gasteiger partial charge in [-0.25, -0.2) is 10.0 Å². The Bertz CT molecular complexity index is 691. The first-order chi connectivity index (χ1) is 11.4. The second-order valence-electron chi connectivity index (χ2n) is 9.63. The van der Waals surface area contributed by atoms with Crippen molar-refractivity contribution in [3.63, 3.8) is 0 Å². The first kappa shape index (κ1) is 18.5. The Morgan fingerprint density at radius 2 is 1.96 bits per heavy atom. The number of aryl methyl sites for hydroxylation is 1. The highest BCUT2D eigenvalue weighted by Crippen LogP contribution is 2.48. The van der Waals surface area contributed by atoms with Crippen LogP contribution < -0.4 is 5.06 Å². The van der Waals surface area contributed by atoms with E-state index in [-0.39, 0.29) is 22.6 Å².